The normalized spacial score (nSPS) is 10.9. The van der Waals surface area contributed by atoms with Gasteiger partial charge in [-0.2, -0.15) is 0 Å². The average Bonchev–Trinajstić information content (AvgIpc) is 2.84. The van der Waals surface area contributed by atoms with E-state index in [1.165, 1.54) is 22.9 Å². The van der Waals surface area contributed by atoms with Crippen molar-refractivity contribution in [1.82, 2.24) is 15.0 Å². The molecule has 0 atom stereocenters. The minimum absolute atomic E-state index is 0.141. The topological polar surface area (TPSA) is 68.0 Å². The van der Waals surface area contributed by atoms with Crippen molar-refractivity contribution in [2.45, 2.75) is 0 Å². The molecule has 0 radical (unpaired) electrons. The van der Waals surface area contributed by atoms with Crippen LogP contribution in [0, 0.1) is 5.82 Å². The minimum atomic E-state index is -1.03. The number of halogens is 2. The second-order valence-electron chi connectivity index (χ2n) is 4.11. The van der Waals surface area contributed by atoms with Gasteiger partial charge in [-0.1, -0.05) is 5.21 Å². The second-order valence-corrected chi connectivity index (χ2v) is 4.96. The van der Waals surface area contributed by atoms with E-state index in [4.69, 9.17) is 5.11 Å². The van der Waals surface area contributed by atoms with Crippen molar-refractivity contribution in [3.63, 3.8) is 0 Å². The molecular formula is C13H7BrFN3O2. The lowest BCUT2D eigenvalue weighted by molar-refractivity contribution is 0.0697. The Labute approximate surface area is 120 Å². The Balaban J connectivity index is 2.22. The smallest absolute Gasteiger partial charge is 0.335 e. The Morgan fingerprint density at radius 3 is 2.75 bits per heavy atom. The van der Waals surface area contributed by atoms with Crippen LogP contribution >= 0.6 is 15.9 Å². The fourth-order valence-corrected chi connectivity index (χ4v) is 2.23. The Hall–Kier alpha value is -2.28. The quantitative estimate of drug-likeness (QED) is 0.781. The molecule has 1 aromatic heterocycles. The van der Waals surface area contributed by atoms with Crippen molar-refractivity contribution in [2.24, 2.45) is 0 Å². The molecule has 1 heterocycles. The molecule has 0 saturated carbocycles. The number of carboxylic acid groups (broad SMARTS) is 1. The number of hydrogen-bond donors (Lipinski definition) is 1. The lowest BCUT2D eigenvalue weighted by Gasteiger charge is -2.04. The maximum Gasteiger partial charge on any atom is 0.335 e. The first-order valence-electron chi connectivity index (χ1n) is 5.60. The van der Waals surface area contributed by atoms with E-state index in [9.17, 15) is 9.18 Å². The van der Waals surface area contributed by atoms with Crippen LogP contribution < -0.4 is 0 Å². The van der Waals surface area contributed by atoms with Gasteiger partial charge in [0.1, 0.15) is 11.3 Å². The first-order chi connectivity index (χ1) is 9.56. The van der Waals surface area contributed by atoms with Gasteiger partial charge in [0, 0.05) is 0 Å². The molecule has 0 amide bonds. The van der Waals surface area contributed by atoms with Gasteiger partial charge in [0.2, 0.25) is 0 Å². The highest BCUT2D eigenvalue weighted by Gasteiger charge is 2.11. The van der Waals surface area contributed by atoms with E-state index in [0.29, 0.717) is 21.2 Å². The van der Waals surface area contributed by atoms with E-state index in [1.54, 1.807) is 18.2 Å². The summed E-state index contributed by atoms with van der Waals surface area (Å²) in [6.07, 6.45) is 0. The number of carboxylic acids is 1. The van der Waals surface area contributed by atoms with Crippen LogP contribution in [-0.2, 0) is 0 Å². The fourth-order valence-electron chi connectivity index (χ4n) is 1.86. The maximum atomic E-state index is 13.3. The lowest BCUT2D eigenvalue weighted by atomic mass is 10.2. The van der Waals surface area contributed by atoms with Crippen LogP contribution in [0.25, 0.3) is 16.7 Å². The summed E-state index contributed by atoms with van der Waals surface area (Å²) in [5.41, 5.74) is 1.84. The molecular weight excluding hydrogens is 329 g/mol. The highest BCUT2D eigenvalue weighted by molar-refractivity contribution is 9.10. The monoisotopic (exact) mass is 335 g/mol. The van der Waals surface area contributed by atoms with E-state index >= 15 is 0 Å². The van der Waals surface area contributed by atoms with E-state index in [-0.39, 0.29) is 11.4 Å². The van der Waals surface area contributed by atoms with E-state index in [2.05, 4.69) is 26.2 Å². The Morgan fingerprint density at radius 1 is 1.25 bits per heavy atom. The predicted octanol–water partition coefficient (Wildman–Crippen LogP) is 3.02. The molecule has 2 aromatic carbocycles. The van der Waals surface area contributed by atoms with Gasteiger partial charge in [-0.25, -0.2) is 13.9 Å². The molecule has 100 valence electrons. The summed E-state index contributed by atoms with van der Waals surface area (Å²) < 4.78 is 15.0. The van der Waals surface area contributed by atoms with Gasteiger partial charge in [-0.05, 0) is 52.3 Å². The molecule has 7 heteroatoms. The van der Waals surface area contributed by atoms with Crippen LogP contribution in [0.1, 0.15) is 10.4 Å². The van der Waals surface area contributed by atoms with Gasteiger partial charge < -0.3 is 5.11 Å². The maximum absolute atomic E-state index is 13.3. The van der Waals surface area contributed by atoms with Gasteiger partial charge in [-0.15, -0.1) is 5.10 Å². The molecule has 0 saturated heterocycles. The molecule has 0 aliphatic rings. The Bertz CT molecular complexity index is 832. The Morgan fingerprint density at radius 2 is 2.05 bits per heavy atom. The molecule has 0 spiro atoms. The van der Waals surface area contributed by atoms with Gasteiger partial charge >= 0.3 is 5.97 Å². The largest absolute Gasteiger partial charge is 0.478 e. The molecule has 5 nitrogen and oxygen atoms in total. The molecule has 0 aliphatic heterocycles. The number of carbonyl (C=O) groups is 1. The number of nitrogens with zero attached hydrogens (tertiary/aromatic N) is 3. The van der Waals surface area contributed by atoms with Crippen LogP contribution in [0.3, 0.4) is 0 Å². The minimum Gasteiger partial charge on any atom is -0.478 e. The van der Waals surface area contributed by atoms with E-state index in [1.807, 2.05) is 0 Å². The lowest BCUT2D eigenvalue weighted by Crippen LogP contribution is -1.99. The zero-order valence-corrected chi connectivity index (χ0v) is 11.5. The number of hydrogen-bond acceptors (Lipinski definition) is 3. The third-order valence-electron chi connectivity index (χ3n) is 2.84. The van der Waals surface area contributed by atoms with Crippen molar-refractivity contribution in [3.05, 3.63) is 52.3 Å². The summed E-state index contributed by atoms with van der Waals surface area (Å²) in [6.45, 7) is 0. The van der Waals surface area contributed by atoms with Crippen molar-refractivity contribution < 1.29 is 14.3 Å². The van der Waals surface area contributed by atoms with Crippen molar-refractivity contribution in [2.75, 3.05) is 0 Å². The standard InChI is InChI=1S/C13H7BrFN3O2/c14-9-6-8(2-3-10(9)15)18-12-5-7(13(19)20)1-4-11(12)16-17-18/h1-6H,(H,19,20). The SMILES string of the molecule is O=C(O)c1ccc2nnn(-c3ccc(F)c(Br)c3)c2c1. The zero-order valence-electron chi connectivity index (χ0n) is 9.92. The van der Waals surface area contributed by atoms with Gasteiger partial charge in [0.05, 0.1) is 21.2 Å². The number of aromatic carboxylic acids is 1. The van der Waals surface area contributed by atoms with E-state index < -0.39 is 5.97 Å². The van der Waals surface area contributed by atoms with Crippen LogP contribution in [0.15, 0.2) is 40.9 Å². The van der Waals surface area contributed by atoms with Gasteiger partial charge in [0.25, 0.3) is 0 Å². The highest BCUT2D eigenvalue weighted by Crippen LogP contribution is 2.22. The molecule has 0 bridgehead atoms. The highest BCUT2D eigenvalue weighted by atomic mass is 79.9. The van der Waals surface area contributed by atoms with Gasteiger partial charge in [0.15, 0.2) is 0 Å². The Kier molecular flexibility index (Phi) is 2.98. The van der Waals surface area contributed by atoms with Crippen LogP contribution in [0.2, 0.25) is 0 Å². The zero-order chi connectivity index (χ0) is 14.3. The molecule has 3 rings (SSSR count). The van der Waals surface area contributed by atoms with Crippen LogP contribution in [0.5, 0.6) is 0 Å². The van der Waals surface area contributed by atoms with Crippen LogP contribution in [-0.4, -0.2) is 26.1 Å². The molecule has 0 unspecified atom stereocenters. The summed E-state index contributed by atoms with van der Waals surface area (Å²) in [5, 5.41) is 16.9. The summed E-state index contributed by atoms with van der Waals surface area (Å²) in [5.74, 6) is -1.41. The van der Waals surface area contributed by atoms with Crippen molar-refractivity contribution >= 4 is 32.9 Å². The molecule has 0 aliphatic carbocycles. The first kappa shape index (κ1) is 12.7. The summed E-state index contributed by atoms with van der Waals surface area (Å²) in [7, 11) is 0. The van der Waals surface area contributed by atoms with Crippen molar-refractivity contribution in [3.8, 4) is 5.69 Å². The molecule has 1 N–H and O–H groups in total. The number of fused-ring (bicyclic) bond motifs is 1. The summed E-state index contributed by atoms with van der Waals surface area (Å²) in [6, 6.07) is 8.92. The molecule has 0 fully saturated rings. The van der Waals surface area contributed by atoms with Crippen LogP contribution in [0.4, 0.5) is 4.39 Å². The molecule has 3 aromatic rings. The van der Waals surface area contributed by atoms with E-state index in [0.717, 1.165) is 0 Å². The number of rotatable bonds is 2. The molecule has 20 heavy (non-hydrogen) atoms. The first-order valence-corrected chi connectivity index (χ1v) is 6.40. The number of aromatic nitrogens is 3. The second kappa shape index (κ2) is 4.68. The third kappa shape index (κ3) is 2.05. The summed E-state index contributed by atoms with van der Waals surface area (Å²) in [4.78, 5) is 11.0. The van der Waals surface area contributed by atoms with Gasteiger partial charge in [-0.3, -0.25) is 0 Å². The fraction of sp³-hybridized carbons (Fsp3) is 0. The summed E-state index contributed by atoms with van der Waals surface area (Å²) >= 11 is 3.10. The third-order valence-corrected chi connectivity index (χ3v) is 3.45. The van der Waals surface area contributed by atoms with Crippen molar-refractivity contribution in [1.29, 1.82) is 0 Å². The average molecular weight is 336 g/mol. The number of benzene rings is 2. The predicted molar refractivity (Wildman–Crippen MR) is 73.5 cm³/mol.